The minimum atomic E-state index is -1.06. The van der Waals surface area contributed by atoms with Crippen molar-refractivity contribution in [3.05, 3.63) is 18.2 Å². The third kappa shape index (κ3) is 6.86. The fraction of sp³-hybridized carbons (Fsp3) is 0.667. The molecule has 240 valence electrons. The predicted molar refractivity (Wildman–Crippen MR) is 166 cm³/mol. The summed E-state index contributed by atoms with van der Waals surface area (Å²) in [6, 6.07) is 3.17. The molecule has 0 radical (unpaired) electrons. The number of ketones is 1. The number of nitrogens with one attached hydrogen (secondary N) is 2. The largest absolute Gasteiger partial charge is 0.497 e. The van der Waals surface area contributed by atoms with E-state index in [1.807, 2.05) is 0 Å². The zero-order valence-corrected chi connectivity index (χ0v) is 26.4. The van der Waals surface area contributed by atoms with Gasteiger partial charge < -0.3 is 30.4 Å². The van der Waals surface area contributed by atoms with Crippen LogP contribution in [0.5, 0.6) is 5.75 Å². The first-order valence-electron chi connectivity index (χ1n) is 16.1. The number of likely N-dealkylation sites (tertiary alicyclic amines) is 1. The molecule has 1 aliphatic heterocycles. The molecule has 2 unspecified atom stereocenters. The monoisotopic (exact) mass is 609 g/mol. The highest BCUT2D eigenvalue weighted by atomic mass is 16.5. The molecule has 4 atom stereocenters. The van der Waals surface area contributed by atoms with Crippen molar-refractivity contribution in [3.8, 4) is 5.75 Å². The minimum Gasteiger partial charge on any atom is -0.497 e. The summed E-state index contributed by atoms with van der Waals surface area (Å²) in [6.45, 7) is 6.60. The summed E-state index contributed by atoms with van der Waals surface area (Å²) >= 11 is 0. The second-order valence-corrected chi connectivity index (χ2v) is 13.9. The van der Waals surface area contributed by atoms with Crippen molar-refractivity contribution in [2.45, 2.75) is 103 Å². The van der Waals surface area contributed by atoms with Gasteiger partial charge in [-0.25, -0.2) is 0 Å². The molecule has 3 amide bonds. The number of rotatable bonds is 11. The number of amides is 3. The van der Waals surface area contributed by atoms with Gasteiger partial charge in [0.25, 0.3) is 11.9 Å². The maximum absolute atomic E-state index is 14.6. The van der Waals surface area contributed by atoms with Crippen molar-refractivity contribution in [1.29, 1.82) is 0 Å². The molecule has 3 aliphatic rings. The highest BCUT2D eigenvalue weighted by Crippen LogP contribution is 2.40. The minimum absolute atomic E-state index is 0.0426. The van der Waals surface area contributed by atoms with Gasteiger partial charge in [-0.15, -0.1) is 0 Å². The maximum Gasteiger partial charge on any atom is 0.296 e. The average Bonchev–Trinajstić information content (AvgIpc) is 3.61. The summed E-state index contributed by atoms with van der Waals surface area (Å²) in [5.74, 6) is -1.63. The molecule has 11 nitrogen and oxygen atoms in total. The number of Topliss-reactive ketones (excluding diaryl/α,β-unsaturated/α-hetero) is 1. The summed E-state index contributed by atoms with van der Waals surface area (Å²) in [5, 5.41) is 6.20. The predicted octanol–water partition coefficient (Wildman–Crippen LogP) is 4.19. The van der Waals surface area contributed by atoms with E-state index in [0.29, 0.717) is 36.2 Å². The van der Waals surface area contributed by atoms with Crippen LogP contribution in [0.25, 0.3) is 11.1 Å². The normalized spacial score (nSPS) is 22.7. The van der Waals surface area contributed by atoms with Crippen LogP contribution >= 0.6 is 0 Å². The van der Waals surface area contributed by atoms with Gasteiger partial charge in [0.2, 0.25) is 17.6 Å². The fourth-order valence-corrected chi connectivity index (χ4v) is 7.25. The lowest BCUT2D eigenvalue weighted by Gasteiger charge is -2.38. The molecule has 2 aliphatic carbocycles. The van der Waals surface area contributed by atoms with E-state index in [4.69, 9.17) is 14.9 Å². The smallest absolute Gasteiger partial charge is 0.296 e. The summed E-state index contributed by atoms with van der Waals surface area (Å²) in [7, 11) is 1.59. The first-order valence-corrected chi connectivity index (χ1v) is 16.1. The van der Waals surface area contributed by atoms with E-state index in [0.717, 1.165) is 51.4 Å². The lowest BCUT2D eigenvalue weighted by Crippen LogP contribution is -2.58. The van der Waals surface area contributed by atoms with Crippen molar-refractivity contribution in [3.63, 3.8) is 0 Å². The van der Waals surface area contributed by atoms with Gasteiger partial charge in [0.1, 0.15) is 23.3 Å². The number of benzene rings is 1. The van der Waals surface area contributed by atoms with Crippen molar-refractivity contribution >= 4 is 40.6 Å². The molecule has 1 aromatic carbocycles. The molecule has 2 heterocycles. The fourth-order valence-electron chi connectivity index (χ4n) is 7.25. The van der Waals surface area contributed by atoms with Gasteiger partial charge in [-0.1, -0.05) is 59.3 Å². The molecule has 11 heteroatoms. The van der Waals surface area contributed by atoms with Crippen molar-refractivity contribution in [2.24, 2.45) is 28.9 Å². The third-order valence-corrected chi connectivity index (χ3v) is 9.99. The highest BCUT2D eigenvalue weighted by molar-refractivity contribution is 6.37. The van der Waals surface area contributed by atoms with Gasteiger partial charge in [0.05, 0.1) is 13.2 Å². The Hall–Kier alpha value is -3.63. The van der Waals surface area contributed by atoms with Gasteiger partial charge >= 0.3 is 0 Å². The Labute approximate surface area is 259 Å². The second kappa shape index (κ2) is 13.2. The number of primary amides is 1. The number of carbonyl (C=O) groups is 4. The molecule has 5 rings (SSSR count). The summed E-state index contributed by atoms with van der Waals surface area (Å²) in [4.78, 5) is 59.6. The molecular formula is C33H47N5O6. The second-order valence-electron chi connectivity index (χ2n) is 13.9. The van der Waals surface area contributed by atoms with E-state index in [2.05, 4.69) is 36.4 Å². The number of aromatic nitrogens is 1. The van der Waals surface area contributed by atoms with E-state index in [-0.39, 0.29) is 35.1 Å². The lowest BCUT2D eigenvalue weighted by atomic mass is 9.75. The number of anilines is 1. The van der Waals surface area contributed by atoms with E-state index < -0.39 is 35.7 Å². The summed E-state index contributed by atoms with van der Waals surface area (Å²) in [6.07, 6.45) is 8.91. The zero-order valence-electron chi connectivity index (χ0n) is 26.4. The molecule has 3 fully saturated rings. The standard InChI is InChI=1S/C33H47N5O6/c1-33(2,3)22-15-16-38(27(22)30(41)35-24(28(39)29(34)40)17-19-9-8-10-19)31(42)26(20-11-6-5-7-12-20)37-32-36-23-18-21(43-4)13-14-25(23)44-32/h13-14,18-20,22,24,26-27H,5-12,15-17H2,1-4H3,(H2,34,40)(H,35,41)(H,36,37)/t22?,24?,26-,27-/m0/s1. The number of nitrogens with two attached hydrogens (primary N) is 1. The highest BCUT2D eigenvalue weighted by Gasteiger charge is 2.49. The Morgan fingerprint density at radius 3 is 2.41 bits per heavy atom. The van der Waals surface area contributed by atoms with Crippen LogP contribution in [0, 0.1) is 23.2 Å². The number of methoxy groups -OCH3 is 1. The van der Waals surface area contributed by atoms with Gasteiger partial charge in [0.15, 0.2) is 5.58 Å². The topological polar surface area (TPSA) is 157 Å². The van der Waals surface area contributed by atoms with Crippen LogP contribution in [-0.4, -0.2) is 65.2 Å². The van der Waals surface area contributed by atoms with Crippen LogP contribution in [0.1, 0.15) is 85.0 Å². The van der Waals surface area contributed by atoms with Crippen molar-refractivity contribution in [2.75, 3.05) is 19.0 Å². The summed E-state index contributed by atoms with van der Waals surface area (Å²) in [5.41, 5.74) is 6.28. The number of oxazole rings is 1. The van der Waals surface area contributed by atoms with Crippen LogP contribution in [0.15, 0.2) is 22.6 Å². The SMILES string of the molecule is COc1ccc2oc(N[C@H](C(=O)N3CCC(C(C)(C)C)[C@H]3C(=O)NC(CC3CCC3)C(=O)C(N)=O)C3CCCCC3)nc2c1. The first kappa shape index (κ1) is 31.8. The van der Waals surface area contributed by atoms with Gasteiger partial charge in [-0.3, -0.25) is 19.2 Å². The Morgan fingerprint density at radius 2 is 1.80 bits per heavy atom. The van der Waals surface area contributed by atoms with Crippen molar-refractivity contribution in [1.82, 2.24) is 15.2 Å². The Bertz CT molecular complexity index is 1370. The molecule has 2 aromatic rings. The number of hydrogen-bond acceptors (Lipinski definition) is 8. The third-order valence-electron chi connectivity index (χ3n) is 9.99. The number of carbonyl (C=O) groups excluding carboxylic acids is 4. The molecule has 2 saturated carbocycles. The quantitative estimate of drug-likeness (QED) is 0.320. The number of ether oxygens (including phenoxy) is 1. The zero-order chi connectivity index (χ0) is 31.6. The maximum atomic E-state index is 14.6. The van der Waals surface area contributed by atoms with Crippen LogP contribution < -0.4 is 21.1 Å². The van der Waals surface area contributed by atoms with Gasteiger partial charge in [0, 0.05) is 12.6 Å². The van der Waals surface area contributed by atoms with E-state index in [1.165, 1.54) is 0 Å². The number of fused-ring (bicyclic) bond motifs is 1. The molecule has 1 aromatic heterocycles. The number of nitrogens with zero attached hydrogens (tertiary/aromatic N) is 2. The first-order chi connectivity index (χ1) is 21.0. The Morgan fingerprint density at radius 1 is 1.07 bits per heavy atom. The van der Waals surface area contributed by atoms with Crippen LogP contribution in [0.2, 0.25) is 0 Å². The van der Waals surface area contributed by atoms with E-state index in [1.54, 1.807) is 30.2 Å². The van der Waals surface area contributed by atoms with E-state index in [9.17, 15) is 19.2 Å². The molecule has 0 bridgehead atoms. The lowest BCUT2D eigenvalue weighted by molar-refractivity contribution is -0.144. The molecule has 44 heavy (non-hydrogen) atoms. The Balaban J connectivity index is 1.43. The average molecular weight is 610 g/mol. The van der Waals surface area contributed by atoms with Crippen molar-refractivity contribution < 1.29 is 28.3 Å². The van der Waals surface area contributed by atoms with Gasteiger partial charge in [-0.2, -0.15) is 4.98 Å². The van der Waals surface area contributed by atoms with Crippen LogP contribution in [0.4, 0.5) is 6.01 Å². The van der Waals surface area contributed by atoms with Gasteiger partial charge in [-0.05, 0) is 61.0 Å². The van der Waals surface area contributed by atoms with Crippen LogP contribution in [-0.2, 0) is 19.2 Å². The Kier molecular flexibility index (Phi) is 9.51. The molecular weight excluding hydrogens is 562 g/mol. The van der Waals surface area contributed by atoms with Crippen LogP contribution in [0.3, 0.4) is 0 Å². The summed E-state index contributed by atoms with van der Waals surface area (Å²) < 4.78 is 11.3. The molecule has 4 N–H and O–H groups in total. The molecule has 0 spiro atoms. The molecule has 1 saturated heterocycles. The number of hydrogen-bond donors (Lipinski definition) is 3. The van der Waals surface area contributed by atoms with E-state index >= 15 is 0 Å².